The number of sulfonamides is 1. The first-order valence-electron chi connectivity index (χ1n) is 6.45. The summed E-state index contributed by atoms with van der Waals surface area (Å²) < 4.78 is 26.5. The van der Waals surface area contributed by atoms with Crippen LogP contribution < -0.4 is 10.5 Å². The van der Waals surface area contributed by atoms with Crippen LogP contribution in [0.3, 0.4) is 0 Å². The number of hydrogen-bond acceptors (Lipinski definition) is 4. The van der Waals surface area contributed by atoms with Crippen LogP contribution in [0, 0.1) is 0 Å². The summed E-state index contributed by atoms with van der Waals surface area (Å²) >= 11 is 1.47. The summed E-state index contributed by atoms with van der Waals surface area (Å²) in [6.07, 6.45) is 1.63. The molecule has 0 atom stereocenters. The number of thioether (sulfide) groups is 1. The van der Waals surface area contributed by atoms with E-state index in [0.29, 0.717) is 11.4 Å². The minimum Gasteiger partial charge on any atom is -0.398 e. The molecule has 0 fully saturated rings. The number of nitrogen functional groups attached to an aromatic ring is 1. The molecule has 108 valence electrons. The van der Waals surface area contributed by atoms with Gasteiger partial charge in [0.15, 0.2) is 0 Å². The van der Waals surface area contributed by atoms with Gasteiger partial charge in [-0.25, -0.2) is 13.1 Å². The summed E-state index contributed by atoms with van der Waals surface area (Å²) in [5.41, 5.74) is 6.50. The Balaban J connectivity index is 2.46. The second kappa shape index (κ2) is 7.77. The molecule has 1 rings (SSSR count). The average molecular weight is 302 g/mol. The van der Waals surface area contributed by atoms with Gasteiger partial charge in [0.05, 0.1) is 5.75 Å². The van der Waals surface area contributed by atoms with Gasteiger partial charge in [-0.2, -0.15) is 0 Å². The molecule has 0 aliphatic carbocycles. The maximum absolute atomic E-state index is 11.9. The molecule has 1 aromatic carbocycles. The average Bonchev–Trinajstić information content (AvgIpc) is 2.38. The lowest BCUT2D eigenvalue weighted by Gasteiger charge is -2.14. The highest BCUT2D eigenvalue weighted by Crippen LogP contribution is 2.24. The van der Waals surface area contributed by atoms with Crippen LogP contribution in [0.25, 0.3) is 0 Å². The van der Waals surface area contributed by atoms with Crippen LogP contribution in [0.5, 0.6) is 0 Å². The summed E-state index contributed by atoms with van der Waals surface area (Å²) in [4.78, 5) is 0.931. The molecule has 3 N–H and O–H groups in total. The second-order valence-corrected chi connectivity index (χ2v) is 7.35. The van der Waals surface area contributed by atoms with Crippen LogP contribution >= 0.6 is 11.8 Å². The molecule has 0 saturated heterocycles. The van der Waals surface area contributed by atoms with E-state index in [-0.39, 0.29) is 11.8 Å². The van der Waals surface area contributed by atoms with E-state index in [1.165, 1.54) is 11.8 Å². The summed E-state index contributed by atoms with van der Waals surface area (Å²) in [6, 6.07) is 7.53. The van der Waals surface area contributed by atoms with E-state index in [1.54, 1.807) is 0 Å². The van der Waals surface area contributed by atoms with E-state index in [1.807, 2.05) is 38.1 Å². The van der Waals surface area contributed by atoms with Crippen molar-refractivity contribution < 1.29 is 8.42 Å². The SMILES string of the molecule is CCC(CC)NS(=O)(=O)CCSc1ccccc1N. The number of para-hydroxylation sites is 1. The van der Waals surface area contributed by atoms with E-state index in [2.05, 4.69) is 4.72 Å². The third-order valence-corrected chi connectivity index (χ3v) is 5.64. The van der Waals surface area contributed by atoms with Gasteiger partial charge >= 0.3 is 0 Å². The standard InChI is InChI=1S/C13H22N2O2S2/c1-3-11(4-2)15-19(16,17)10-9-18-13-8-6-5-7-12(13)14/h5-8,11,15H,3-4,9-10,14H2,1-2H3. The number of rotatable bonds is 8. The van der Waals surface area contributed by atoms with Gasteiger partial charge in [0.25, 0.3) is 0 Å². The third-order valence-electron chi connectivity index (χ3n) is 2.86. The molecule has 6 heteroatoms. The van der Waals surface area contributed by atoms with Crippen molar-refractivity contribution in [1.29, 1.82) is 0 Å². The zero-order valence-electron chi connectivity index (χ0n) is 11.4. The number of benzene rings is 1. The van der Waals surface area contributed by atoms with E-state index in [9.17, 15) is 8.42 Å². The molecule has 0 amide bonds. The Morgan fingerprint density at radius 2 is 1.89 bits per heavy atom. The molecule has 0 saturated carbocycles. The number of hydrogen-bond donors (Lipinski definition) is 2. The molecule has 0 unspecified atom stereocenters. The first kappa shape index (κ1) is 16.3. The fraction of sp³-hybridized carbons (Fsp3) is 0.538. The van der Waals surface area contributed by atoms with Crippen molar-refractivity contribution in [3.05, 3.63) is 24.3 Å². The van der Waals surface area contributed by atoms with Crippen molar-refractivity contribution >= 4 is 27.5 Å². The summed E-state index contributed by atoms with van der Waals surface area (Å²) in [7, 11) is -3.20. The van der Waals surface area contributed by atoms with Gasteiger partial charge in [-0.3, -0.25) is 0 Å². The lowest BCUT2D eigenvalue weighted by Crippen LogP contribution is -2.36. The molecular formula is C13H22N2O2S2. The summed E-state index contributed by atoms with van der Waals surface area (Å²) in [5, 5.41) is 0. The van der Waals surface area contributed by atoms with Crippen molar-refractivity contribution in [1.82, 2.24) is 4.72 Å². The van der Waals surface area contributed by atoms with E-state index < -0.39 is 10.0 Å². The topological polar surface area (TPSA) is 72.2 Å². The number of nitrogens with two attached hydrogens (primary N) is 1. The van der Waals surface area contributed by atoms with Crippen molar-refractivity contribution in [2.24, 2.45) is 0 Å². The smallest absolute Gasteiger partial charge is 0.212 e. The number of nitrogens with one attached hydrogen (secondary N) is 1. The van der Waals surface area contributed by atoms with Gasteiger partial charge in [-0.05, 0) is 25.0 Å². The van der Waals surface area contributed by atoms with Gasteiger partial charge in [0, 0.05) is 22.4 Å². The largest absolute Gasteiger partial charge is 0.398 e. The molecule has 0 aliphatic rings. The zero-order chi connectivity index (χ0) is 14.3. The van der Waals surface area contributed by atoms with Crippen LogP contribution in [-0.4, -0.2) is 26.0 Å². The van der Waals surface area contributed by atoms with E-state index in [4.69, 9.17) is 5.73 Å². The quantitative estimate of drug-likeness (QED) is 0.571. The lowest BCUT2D eigenvalue weighted by molar-refractivity contribution is 0.531. The zero-order valence-corrected chi connectivity index (χ0v) is 13.1. The summed E-state index contributed by atoms with van der Waals surface area (Å²) in [6.45, 7) is 3.96. The van der Waals surface area contributed by atoms with Crippen molar-refractivity contribution in [3.8, 4) is 0 Å². The Bertz CT molecular complexity index is 485. The monoisotopic (exact) mass is 302 g/mol. The van der Waals surface area contributed by atoms with Gasteiger partial charge in [-0.15, -0.1) is 11.8 Å². The maximum Gasteiger partial charge on any atom is 0.212 e. The normalized spacial score (nSPS) is 11.9. The second-order valence-electron chi connectivity index (χ2n) is 4.34. The number of anilines is 1. The lowest BCUT2D eigenvalue weighted by atomic mass is 10.2. The van der Waals surface area contributed by atoms with Gasteiger partial charge in [0.1, 0.15) is 0 Å². The minimum atomic E-state index is -3.20. The highest BCUT2D eigenvalue weighted by atomic mass is 32.2. The predicted octanol–water partition coefficient (Wildman–Crippen LogP) is 2.47. The third kappa shape index (κ3) is 5.84. The molecule has 19 heavy (non-hydrogen) atoms. The molecule has 0 radical (unpaired) electrons. The van der Waals surface area contributed by atoms with Gasteiger partial charge in [0.2, 0.25) is 10.0 Å². The Labute approximate surface area is 120 Å². The van der Waals surface area contributed by atoms with Crippen molar-refractivity contribution in [2.45, 2.75) is 37.6 Å². The molecule has 0 bridgehead atoms. The van der Waals surface area contributed by atoms with Crippen molar-refractivity contribution in [2.75, 3.05) is 17.2 Å². The van der Waals surface area contributed by atoms with Gasteiger partial charge < -0.3 is 5.73 Å². The maximum atomic E-state index is 11.9. The summed E-state index contributed by atoms with van der Waals surface area (Å²) in [5.74, 6) is 0.617. The Hall–Kier alpha value is -0.720. The molecule has 0 heterocycles. The van der Waals surface area contributed by atoms with Crippen LogP contribution in [0.2, 0.25) is 0 Å². The van der Waals surface area contributed by atoms with E-state index >= 15 is 0 Å². The Morgan fingerprint density at radius 3 is 2.47 bits per heavy atom. The molecule has 0 aromatic heterocycles. The Morgan fingerprint density at radius 1 is 1.26 bits per heavy atom. The minimum absolute atomic E-state index is 0.0387. The van der Waals surface area contributed by atoms with Crippen LogP contribution in [-0.2, 0) is 10.0 Å². The fourth-order valence-corrected chi connectivity index (χ4v) is 4.44. The molecule has 4 nitrogen and oxygen atoms in total. The highest BCUT2D eigenvalue weighted by molar-refractivity contribution is 8.00. The first-order chi connectivity index (χ1) is 8.98. The molecule has 0 aliphatic heterocycles. The first-order valence-corrected chi connectivity index (χ1v) is 9.09. The van der Waals surface area contributed by atoms with Crippen LogP contribution in [0.1, 0.15) is 26.7 Å². The predicted molar refractivity (Wildman–Crippen MR) is 82.9 cm³/mol. The van der Waals surface area contributed by atoms with Crippen LogP contribution in [0.15, 0.2) is 29.2 Å². The van der Waals surface area contributed by atoms with Crippen LogP contribution in [0.4, 0.5) is 5.69 Å². The van der Waals surface area contributed by atoms with E-state index in [0.717, 1.165) is 17.7 Å². The molecule has 1 aromatic rings. The van der Waals surface area contributed by atoms with Crippen molar-refractivity contribution in [3.63, 3.8) is 0 Å². The fourth-order valence-electron chi connectivity index (χ4n) is 1.64. The highest BCUT2D eigenvalue weighted by Gasteiger charge is 2.15. The Kier molecular flexibility index (Phi) is 6.68. The van der Waals surface area contributed by atoms with Gasteiger partial charge in [-0.1, -0.05) is 26.0 Å². The molecular weight excluding hydrogens is 280 g/mol. The molecule has 0 spiro atoms.